The minimum atomic E-state index is -1.64. The van der Waals surface area contributed by atoms with Gasteiger partial charge in [0.25, 0.3) is 5.91 Å². The zero-order chi connectivity index (χ0) is 29.6. The SMILES string of the molecule is O=C(O)c1cccc(Cn2nnc3cc(C(=O)NC(Cc4ccc(-c5ccccc5)cc4)CC(O)C(=O)O)ccc32)c1. The largest absolute Gasteiger partial charge is 0.479 e. The van der Waals surface area contributed by atoms with Gasteiger partial charge < -0.3 is 20.6 Å². The van der Waals surface area contributed by atoms with Gasteiger partial charge in [0.2, 0.25) is 0 Å². The second kappa shape index (κ2) is 12.4. The third-order valence-electron chi connectivity index (χ3n) is 6.95. The summed E-state index contributed by atoms with van der Waals surface area (Å²) >= 11 is 0. The van der Waals surface area contributed by atoms with Gasteiger partial charge >= 0.3 is 11.9 Å². The highest BCUT2D eigenvalue weighted by Crippen LogP contribution is 2.21. The zero-order valence-electron chi connectivity index (χ0n) is 22.4. The molecule has 0 aliphatic heterocycles. The number of hydrogen-bond donors (Lipinski definition) is 4. The van der Waals surface area contributed by atoms with Crippen LogP contribution in [0, 0.1) is 0 Å². The molecule has 0 fully saturated rings. The topological polar surface area (TPSA) is 155 Å². The monoisotopic (exact) mass is 564 g/mol. The van der Waals surface area contributed by atoms with Crippen molar-refractivity contribution in [1.82, 2.24) is 20.3 Å². The highest BCUT2D eigenvalue weighted by Gasteiger charge is 2.23. The lowest BCUT2D eigenvalue weighted by Crippen LogP contribution is -2.40. The normalized spacial score (nSPS) is 12.5. The van der Waals surface area contributed by atoms with Crippen LogP contribution in [0.4, 0.5) is 0 Å². The first kappa shape index (κ1) is 28.2. The number of nitrogens with zero attached hydrogens (tertiary/aromatic N) is 3. The van der Waals surface area contributed by atoms with Crippen LogP contribution >= 0.6 is 0 Å². The van der Waals surface area contributed by atoms with Crippen LogP contribution in [-0.2, 0) is 17.8 Å². The van der Waals surface area contributed by atoms with E-state index >= 15 is 0 Å². The predicted octanol–water partition coefficient (Wildman–Crippen LogP) is 4.02. The molecule has 5 rings (SSSR count). The summed E-state index contributed by atoms with van der Waals surface area (Å²) in [5.41, 5.74) is 5.31. The minimum Gasteiger partial charge on any atom is -0.479 e. The molecule has 2 unspecified atom stereocenters. The molecule has 0 bridgehead atoms. The summed E-state index contributed by atoms with van der Waals surface area (Å²) < 4.78 is 1.61. The molecular weight excluding hydrogens is 536 g/mol. The molecule has 2 atom stereocenters. The molecule has 0 spiro atoms. The van der Waals surface area contributed by atoms with Crippen molar-refractivity contribution < 1.29 is 29.7 Å². The van der Waals surface area contributed by atoms with E-state index in [9.17, 15) is 29.7 Å². The Balaban J connectivity index is 1.31. The van der Waals surface area contributed by atoms with Gasteiger partial charge in [0.1, 0.15) is 5.52 Å². The maximum atomic E-state index is 13.2. The van der Waals surface area contributed by atoms with Crippen molar-refractivity contribution >= 4 is 28.9 Å². The van der Waals surface area contributed by atoms with Crippen LogP contribution in [0.3, 0.4) is 0 Å². The van der Waals surface area contributed by atoms with Gasteiger partial charge in [0, 0.05) is 18.0 Å². The third-order valence-corrected chi connectivity index (χ3v) is 6.95. The molecule has 10 nitrogen and oxygen atoms in total. The summed E-state index contributed by atoms with van der Waals surface area (Å²) in [5, 5.41) is 39.8. The first-order chi connectivity index (χ1) is 20.3. The molecule has 0 saturated heterocycles. The number of aromatic nitrogens is 3. The lowest BCUT2D eigenvalue weighted by atomic mass is 9.97. The lowest BCUT2D eigenvalue weighted by Gasteiger charge is -2.21. The molecule has 10 heteroatoms. The van der Waals surface area contributed by atoms with Crippen molar-refractivity contribution in [1.29, 1.82) is 0 Å². The molecule has 4 aromatic carbocycles. The first-order valence-corrected chi connectivity index (χ1v) is 13.3. The smallest absolute Gasteiger partial charge is 0.335 e. The van der Waals surface area contributed by atoms with Crippen LogP contribution in [0.2, 0.25) is 0 Å². The Hall–Kier alpha value is -5.35. The van der Waals surface area contributed by atoms with Gasteiger partial charge in [-0.15, -0.1) is 5.10 Å². The molecule has 212 valence electrons. The molecule has 1 aromatic heterocycles. The van der Waals surface area contributed by atoms with Crippen molar-refractivity contribution in [2.45, 2.75) is 31.5 Å². The second-order valence-electron chi connectivity index (χ2n) is 9.98. The van der Waals surface area contributed by atoms with Gasteiger partial charge in [-0.05, 0) is 59.0 Å². The number of aromatic carboxylic acids is 1. The molecule has 0 aliphatic rings. The number of aliphatic carboxylic acids is 1. The summed E-state index contributed by atoms with van der Waals surface area (Å²) in [6.45, 7) is 0.293. The van der Waals surface area contributed by atoms with Gasteiger partial charge in [-0.25, -0.2) is 14.3 Å². The molecule has 0 radical (unpaired) electrons. The quantitative estimate of drug-likeness (QED) is 0.188. The van der Waals surface area contributed by atoms with E-state index in [1.807, 2.05) is 54.6 Å². The van der Waals surface area contributed by atoms with Crippen LogP contribution in [0.5, 0.6) is 0 Å². The zero-order valence-corrected chi connectivity index (χ0v) is 22.4. The number of carbonyl (C=O) groups is 3. The fourth-order valence-electron chi connectivity index (χ4n) is 4.79. The highest BCUT2D eigenvalue weighted by molar-refractivity contribution is 5.97. The number of nitrogens with one attached hydrogen (secondary N) is 1. The summed E-state index contributed by atoms with van der Waals surface area (Å²) in [5.74, 6) is -2.82. The summed E-state index contributed by atoms with van der Waals surface area (Å²) in [6, 6.07) is 28.4. The number of carboxylic acid groups (broad SMARTS) is 2. The van der Waals surface area contributed by atoms with E-state index in [0.717, 1.165) is 22.3 Å². The van der Waals surface area contributed by atoms with Gasteiger partial charge in [-0.2, -0.15) is 0 Å². The van der Waals surface area contributed by atoms with E-state index in [-0.39, 0.29) is 12.0 Å². The van der Waals surface area contributed by atoms with Gasteiger partial charge in [-0.3, -0.25) is 4.79 Å². The van der Waals surface area contributed by atoms with E-state index in [1.165, 1.54) is 6.07 Å². The van der Waals surface area contributed by atoms with E-state index in [4.69, 9.17) is 0 Å². The average Bonchev–Trinajstić information content (AvgIpc) is 3.39. The average molecular weight is 565 g/mol. The molecule has 0 aliphatic carbocycles. The molecule has 42 heavy (non-hydrogen) atoms. The second-order valence-corrected chi connectivity index (χ2v) is 9.98. The van der Waals surface area contributed by atoms with Crippen LogP contribution in [0.25, 0.3) is 22.2 Å². The fraction of sp³-hybridized carbons (Fsp3) is 0.156. The summed E-state index contributed by atoms with van der Waals surface area (Å²) in [4.78, 5) is 35.9. The van der Waals surface area contributed by atoms with Crippen LogP contribution in [0.1, 0.15) is 38.3 Å². The number of carbonyl (C=O) groups excluding carboxylic acids is 1. The Kier molecular flexibility index (Phi) is 8.35. The number of rotatable bonds is 11. The fourth-order valence-corrected chi connectivity index (χ4v) is 4.79. The first-order valence-electron chi connectivity index (χ1n) is 13.3. The molecule has 5 aromatic rings. The number of benzene rings is 4. The number of fused-ring (bicyclic) bond motifs is 1. The molecule has 1 heterocycles. The Morgan fingerprint density at radius 2 is 1.52 bits per heavy atom. The Labute approximate surface area is 240 Å². The van der Waals surface area contributed by atoms with Crippen LogP contribution in [-0.4, -0.2) is 60.3 Å². The molecular formula is C32H28N4O6. The van der Waals surface area contributed by atoms with Gasteiger partial charge in [0.15, 0.2) is 6.10 Å². The standard InChI is InChI=1S/C32H28N4O6/c37-29(32(41)42)18-26(16-20-9-11-23(12-10-20)22-6-2-1-3-7-22)33-30(38)24-13-14-28-27(17-24)34-35-36(28)19-21-5-4-8-25(15-21)31(39)40/h1-15,17,26,29,37H,16,18-19H2,(H,33,38)(H,39,40)(H,41,42). The molecule has 1 amide bonds. The van der Waals surface area contributed by atoms with E-state index in [2.05, 4.69) is 15.6 Å². The van der Waals surface area contributed by atoms with Crippen LogP contribution in [0.15, 0.2) is 97.1 Å². The van der Waals surface area contributed by atoms with Crippen molar-refractivity contribution in [3.63, 3.8) is 0 Å². The number of hydrogen-bond acceptors (Lipinski definition) is 6. The number of aliphatic hydroxyl groups excluding tert-OH is 1. The summed E-state index contributed by atoms with van der Waals surface area (Å²) in [7, 11) is 0. The highest BCUT2D eigenvalue weighted by atomic mass is 16.4. The number of amides is 1. The maximum absolute atomic E-state index is 13.2. The van der Waals surface area contributed by atoms with E-state index < -0.39 is 30.0 Å². The Morgan fingerprint density at radius 3 is 2.24 bits per heavy atom. The van der Waals surface area contributed by atoms with Crippen molar-refractivity contribution in [2.24, 2.45) is 0 Å². The number of carboxylic acids is 2. The Bertz CT molecular complexity index is 1730. The van der Waals surface area contributed by atoms with E-state index in [1.54, 1.807) is 41.1 Å². The summed E-state index contributed by atoms with van der Waals surface area (Å²) in [6.07, 6.45) is -1.49. The third kappa shape index (κ3) is 6.68. The van der Waals surface area contributed by atoms with Crippen molar-refractivity contribution in [3.05, 3.63) is 119 Å². The predicted molar refractivity (Wildman–Crippen MR) is 155 cm³/mol. The molecule has 0 saturated carbocycles. The van der Waals surface area contributed by atoms with Gasteiger partial charge in [-0.1, -0.05) is 71.9 Å². The van der Waals surface area contributed by atoms with Crippen molar-refractivity contribution in [3.8, 4) is 11.1 Å². The van der Waals surface area contributed by atoms with Gasteiger partial charge in [0.05, 0.1) is 17.6 Å². The lowest BCUT2D eigenvalue weighted by molar-refractivity contribution is -0.147. The maximum Gasteiger partial charge on any atom is 0.335 e. The Morgan fingerprint density at radius 1 is 0.786 bits per heavy atom. The van der Waals surface area contributed by atoms with E-state index in [0.29, 0.717) is 29.6 Å². The minimum absolute atomic E-state index is 0.171. The molecule has 4 N–H and O–H groups in total. The van der Waals surface area contributed by atoms with Crippen LogP contribution < -0.4 is 5.32 Å². The number of aliphatic hydroxyl groups is 1. The van der Waals surface area contributed by atoms with Crippen molar-refractivity contribution in [2.75, 3.05) is 0 Å².